The van der Waals surface area contributed by atoms with Gasteiger partial charge in [-0.05, 0) is 37.1 Å². The van der Waals surface area contributed by atoms with E-state index in [1.807, 2.05) is 13.0 Å². The smallest absolute Gasteiger partial charge is 0.266 e. The summed E-state index contributed by atoms with van der Waals surface area (Å²) in [4.78, 5) is 14.5. The van der Waals surface area contributed by atoms with E-state index in [4.69, 9.17) is 28.6 Å². The summed E-state index contributed by atoms with van der Waals surface area (Å²) in [5.41, 5.74) is 0.796. The number of halogens is 1. The summed E-state index contributed by atoms with van der Waals surface area (Å²) < 4.78 is 6.40. The van der Waals surface area contributed by atoms with E-state index < -0.39 is 0 Å². The zero-order valence-electron chi connectivity index (χ0n) is 12.8. The molecule has 1 fully saturated rings. The largest absolute Gasteiger partial charge is 0.493 e. The van der Waals surface area contributed by atoms with Crippen molar-refractivity contribution in [2.75, 3.05) is 13.2 Å². The Morgan fingerprint density at radius 2 is 2.18 bits per heavy atom. The number of hydrogen-bond donors (Lipinski definition) is 0. The van der Waals surface area contributed by atoms with Crippen molar-refractivity contribution in [1.29, 1.82) is 0 Å². The van der Waals surface area contributed by atoms with Crippen LogP contribution in [-0.4, -0.2) is 28.3 Å². The minimum Gasteiger partial charge on any atom is -0.493 e. The Balaban J connectivity index is 2.32. The molecule has 0 N–H and O–H groups in total. The molecule has 6 heteroatoms. The molecule has 22 heavy (non-hydrogen) atoms. The second-order valence-corrected chi connectivity index (χ2v) is 7.43. The summed E-state index contributed by atoms with van der Waals surface area (Å²) >= 11 is 12.6. The second kappa shape index (κ2) is 7.49. The summed E-state index contributed by atoms with van der Waals surface area (Å²) in [6, 6.07) is 5.42. The highest BCUT2D eigenvalue weighted by atomic mass is 35.5. The van der Waals surface area contributed by atoms with E-state index in [9.17, 15) is 4.79 Å². The summed E-state index contributed by atoms with van der Waals surface area (Å²) in [6.45, 7) is 7.26. The maximum atomic E-state index is 12.3. The fraction of sp³-hybridized carbons (Fsp3) is 0.375. The van der Waals surface area contributed by atoms with Gasteiger partial charge in [0.15, 0.2) is 0 Å². The standard InChI is InChI=1S/C16H18ClNO2S2/c1-4-18-15(19)14(22-16(18)21)8-11-7-12(17)5-6-13(11)20-9-10(2)3/h5-8,10H,4,9H2,1-3H3. The van der Waals surface area contributed by atoms with Gasteiger partial charge in [-0.2, -0.15) is 0 Å². The van der Waals surface area contributed by atoms with Crippen molar-refractivity contribution in [1.82, 2.24) is 4.90 Å². The SMILES string of the molecule is CCN1C(=O)C(=Cc2cc(Cl)ccc2OCC(C)C)SC1=S. The molecule has 0 spiro atoms. The molecular formula is C16H18ClNO2S2. The summed E-state index contributed by atoms with van der Waals surface area (Å²) in [5.74, 6) is 1.08. The summed E-state index contributed by atoms with van der Waals surface area (Å²) in [7, 11) is 0. The highest BCUT2D eigenvalue weighted by Gasteiger charge is 2.30. The number of carbonyl (C=O) groups excluding carboxylic acids is 1. The van der Waals surface area contributed by atoms with E-state index in [1.165, 1.54) is 11.8 Å². The Morgan fingerprint density at radius 3 is 2.77 bits per heavy atom. The molecule has 0 saturated carbocycles. The van der Waals surface area contributed by atoms with Crippen molar-refractivity contribution in [3.63, 3.8) is 0 Å². The van der Waals surface area contributed by atoms with Gasteiger partial charge in [0.05, 0.1) is 11.5 Å². The van der Waals surface area contributed by atoms with Crippen LogP contribution in [-0.2, 0) is 4.79 Å². The van der Waals surface area contributed by atoms with Crippen LogP contribution < -0.4 is 4.74 Å². The van der Waals surface area contributed by atoms with Crippen molar-refractivity contribution < 1.29 is 9.53 Å². The molecule has 1 aromatic carbocycles. The molecule has 0 unspecified atom stereocenters. The van der Waals surface area contributed by atoms with Gasteiger partial charge >= 0.3 is 0 Å². The van der Waals surface area contributed by atoms with Gasteiger partial charge in [0.2, 0.25) is 0 Å². The minimum absolute atomic E-state index is 0.0627. The van der Waals surface area contributed by atoms with E-state index in [2.05, 4.69) is 13.8 Å². The number of thioether (sulfide) groups is 1. The first kappa shape index (κ1) is 17.3. The van der Waals surface area contributed by atoms with E-state index in [0.29, 0.717) is 33.3 Å². The van der Waals surface area contributed by atoms with Gasteiger partial charge in [-0.15, -0.1) is 0 Å². The van der Waals surface area contributed by atoms with Crippen molar-refractivity contribution in [3.8, 4) is 5.75 Å². The molecule has 2 rings (SSSR count). The third-order valence-electron chi connectivity index (χ3n) is 3.02. The van der Waals surface area contributed by atoms with Gasteiger partial charge in [-0.1, -0.05) is 49.4 Å². The predicted octanol–water partition coefficient (Wildman–Crippen LogP) is 4.60. The zero-order valence-corrected chi connectivity index (χ0v) is 15.1. The molecule has 1 amide bonds. The summed E-state index contributed by atoms with van der Waals surface area (Å²) in [6.07, 6.45) is 1.80. The molecule has 0 atom stereocenters. The van der Waals surface area contributed by atoms with Crippen molar-refractivity contribution in [2.45, 2.75) is 20.8 Å². The molecular weight excluding hydrogens is 338 g/mol. The maximum absolute atomic E-state index is 12.3. The van der Waals surface area contributed by atoms with Gasteiger partial charge in [0.1, 0.15) is 10.1 Å². The minimum atomic E-state index is -0.0627. The fourth-order valence-electron chi connectivity index (χ4n) is 1.93. The normalized spacial score (nSPS) is 17.0. The molecule has 0 bridgehead atoms. The molecule has 118 valence electrons. The molecule has 1 aliphatic rings. The van der Waals surface area contributed by atoms with Crippen molar-refractivity contribution in [3.05, 3.63) is 33.7 Å². The van der Waals surface area contributed by atoms with E-state index in [-0.39, 0.29) is 5.91 Å². The summed E-state index contributed by atoms with van der Waals surface area (Å²) in [5, 5.41) is 0.606. The number of hydrogen-bond acceptors (Lipinski definition) is 4. The van der Waals surface area contributed by atoms with Gasteiger partial charge in [-0.25, -0.2) is 0 Å². The van der Waals surface area contributed by atoms with E-state index >= 15 is 0 Å². The van der Waals surface area contributed by atoms with Crippen LogP contribution in [0.15, 0.2) is 23.1 Å². The van der Waals surface area contributed by atoms with Gasteiger partial charge in [0.25, 0.3) is 5.91 Å². The Hall–Kier alpha value is -1.04. The first-order valence-electron chi connectivity index (χ1n) is 7.10. The first-order chi connectivity index (χ1) is 10.4. The highest BCUT2D eigenvalue weighted by molar-refractivity contribution is 8.26. The van der Waals surface area contributed by atoms with Gasteiger partial charge in [0, 0.05) is 17.1 Å². The number of likely N-dealkylation sites (N-methyl/N-ethyl adjacent to an activating group) is 1. The number of nitrogens with zero attached hydrogens (tertiary/aromatic N) is 1. The van der Waals surface area contributed by atoms with Crippen LogP contribution in [0.2, 0.25) is 5.02 Å². The Bertz CT molecular complexity index is 629. The lowest BCUT2D eigenvalue weighted by molar-refractivity contribution is -0.121. The first-order valence-corrected chi connectivity index (χ1v) is 8.70. The second-order valence-electron chi connectivity index (χ2n) is 5.31. The lowest BCUT2D eigenvalue weighted by Gasteiger charge is -2.12. The molecule has 0 radical (unpaired) electrons. The Morgan fingerprint density at radius 1 is 1.45 bits per heavy atom. The van der Waals surface area contributed by atoms with E-state index in [1.54, 1.807) is 23.1 Å². The predicted molar refractivity (Wildman–Crippen MR) is 97.3 cm³/mol. The van der Waals surface area contributed by atoms with Crippen LogP contribution in [0.5, 0.6) is 5.75 Å². The monoisotopic (exact) mass is 355 g/mol. The average Bonchev–Trinajstić information content (AvgIpc) is 2.72. The van der Waals surface area contributed by atoms with Crippen LogP contribution in [0.1, 0.15) is 26.3 Å². The number of rotatable bonds is 5. The number of carbonyl (C=O) groups is 1. The third-order valence-corrected chi connectivity index (χ3v) is 4.63. The highest BCUT2D eigenvalue weighted by Crippen LogP contribution is 2.34. The molecule has 1 aliphatic heterocycles. The zero-order chi connectivity index (χ0) is 16.3. The number of amides is 1. The lowest BCUT2D eigenvalue weighted by atomic mass is 10.1. The van der Waals surface area contributed by atoms with Crippen LogP contribution in [0, 0.1) is 5.92 Å². The van der Waals surface area contributed by atoms with Crippen LogP contribution in [0.4, 0.5) is 0 Å². The lowest BCUT2D eigenvalue weighted by Crippen LogP contribution is -2.27. The van der Waals surface area contributed by atoms with Crippen LogP contribution >= 0.6 is 35.6 Å². The van der Waals surface area contributed by atoms with Gasteiger partial charge in [-0.3, -0.25) is 9.69 Å². The van der Waals surface area contributed by atoms with E-state index in [0.717, 1.165) is 11.3 Å². The van der Waals surface area contributed by atoms with Crippen LogP contribution in [0.25, 0.3) is 6.08 Å². The van der Waals surface area contributed by atoms with Crippen molar-refractivity contribution >= 4 is 51.9 Å². The van der Waals surface area contributed by atoms with Crippen molar-refractivity contribution in [2.24, 2.45) is 5.92 Å². The van der Waals surface area contributed by atoms with Crippen LogP contribution in [0.3, 0.4) is 0 Å². The number of benzene rings is 1. The Kier molecular flexibility index (Phi) is 5.89. The average molecular weight is 356 g/mol. The molecule has 0 aromatic heterocycles. The maximum Gasteiger partial charge on any atom is 0.266 e. The quantitative estimate of drug-likeness (QED) is 0.570. The molecule has 3 nitrogen and oxygen atoms in total. The molecule has 1 heterocycles. The molecule has 1 aromatic rings. The third kappa shape index (κ3) is 4.03. The molecule has 1 saturated heterocycles. The topological polar surface area (TPSA) is 29.5 Å². The fourth-order valence-corrected chi connectivity index (χ4v) is 3.49. The Labute approximate surface area is 145 Å². The number of ether oxygens (including phenoxy) is 1. The van der Waals surface area contributed by atoms with Gasteiger partial charge < -0.3 is 4.74 Å². The number of thiocarbonyl (C=S) groups is 1. The molecule has 0 aliphatic carbocycles.